The first-order chi connectivity index (χ1) is 12.3. The summed E-state index contributed by atoms with van der Waals surface area (Å²) in [4.78, 5) is 0. The van der Waals surface area contributed by atoms with E-state index in [9.17, 15) is 5.11 Å². The van der Waals surface area contributed by atoms with Gasteiger partial charge in [-0.2, -0.15) is 0 Å². The van der Waals surface area contributed by atoms with Crippen molar-refractivity contribution in [2.45, 2.75) is 12.8 Å². The Balaban J connectivity index is 1.56. The molecule has 0 radical (unpaired) electrons. The summed E-state index contributed by atoms with van der Waals surface area (Å²) in [6.45, 7) is 1.05. The van der Waals surface area contributed by atoms with E-state index in [1.54, 1.807) is 18.2 Å². The minimum atomic E-state index is 0.160. The van der Waals surface area contributed by atoms with Gasteiger partial charge in [-0.15, -0.1) is 0 Å². The molecular formula is C22H20O3. The number of phenols is 1. The van der Waals surface area contributed by atoms with Crippen LogP contribution >= 0.6 is 0 Å². The topological polar surface area (TPSA) is 38.7 Å². The van der Waals surface area contributed by atoms with E-state index < -0.39 is 0 Å². The van der Waals surface area contributed by atoms with Crippen molar-refractivity contribution in [3.63, 3.8) is 0 Å². The smallest absolute Gasteiger partial charge is 0.164 e. The van der Waals surface area contributed by atoms with Crippen molar-refractivity contribution in [2.75, 3.05) is 13.2 Å². The highest BCUT2D eigenvalue weighted by Crippen LogP contribution is 2.31. The van der Waals surface area contributed by atoms with E-state index in [1.165, 1.54) is 5.56 Å². The summed E-state index contributed by atoms with van der Waals surface area (Å²) < 4.78 is 11.7. The molecule has 0 amide bonds. The van der Waals surface area contributed by atoms with E-state index in [1.807, 2.05) is 36.4 Å². The van der Waals surface area contributed by atoms with E-state index in [0.29, 0.717) is 24.7 Å². The molecular weight excluding hydrogens is 312 g/mol. The molecule has 0 aliphatic heterocycles. The maximum absolute atomic E-state index is 9.71. The van der Waals surface area contributed by atoms with Gasteiger partial charge in [-0.25, -0.2) is 0 Å². The van der Waals surface area contributed by atoms with Crippen molar-refractivity contribution in [2.24, 2.45) is 0 Å². The Labute approximate surface area is 148 Å². The molecule has 0 aliphatic rings. The number of hydrogen-bond acceptors (Lipinski definition) is 3. The highest BCUT2D eigenvalue weighted by Gasteiger charge is 2.07. The van der Waals surface area contributed by atoms with Crippen LogP contribution in [-0.4, -0.2) is 18.3 Å². The van der Waals surface area contributed by atoms with Crippen LogP contribution in [-0.2, 0) is 12.8 Å². The van der Waals surface area contributed by atoms with Crippen LogP contribution in [0.3, 0.4) is 0 Å². The summed E-state index contributed by atoms with van der Waals surface area (Å²) in [5.41, 5.74) is 2.35. The molecule has 0 saturated carbocycles. The third-order valence-corrected chi connectivity index (χ3v) is 3.79. The van der Waals surface area contributed by atoms with Crippen LogP contribution in [0, 0.1) is 12.1 Å². The van der Waals surface area contributed by atoms with E-state index in [-0.39, 0.29) is 5.75 Å². The number of benzene rings is 2. The summed E-state index contributed by atoms with van der Waals surface area (Å²) in [7, 11) is 0. The number of rotatable bonds is 8. The highest BCUT2D eigenvalue weighted by molar-refractivity contribution is 5.45. The molecule has 0 bridgehead atoms. The molecule has 0 atom stereocenters. The molecule has 0 saturated heterocycles. The Bertz CT molecular complexity index is 770. The van der Waals surface area contributed by atoms with E-state index in [4.69, 9.17) is 9.47 Å². The Hall–Kier alpha value is -3.12. The molecule has 1 N–H and O–H groups in total. The van der Waals surface area contributed by atoms with Gasteiger partial charge in [0.15, 0.2) is 11.5 Å². The van der Waals surface area contributed by atoms with Gasteiger partial charge in [0, 0.05) is 18.9 Å². The second-order valence-electron chi connectivity index (χ2n) is 5.65. The Morgan fingerprint density at radius 3 is 2.28 bits per heavy atom. The predicted molar refractivity (Wildman–Crippen MR) is 97.1 cm³/mol. The Morgan fingerprint density at radius 1 is 0.760 bits per heavy atom. The van der Waals surface area contributed by atoms with Crippen molar-refractivity contribution in [3.05, 3.63) is 90.0 Å². The van der Waals surface area contributed by atoms with Crippen LogP contribution in [0.4, 0.5) is 0 Å². The maximum atomic E-state index is 9.71. The third-order valence-electron chi connectivity index (χ3n) is 3.79. The summed E-state index contributed by atoms with van der Waals surface area (Å²) in [6, 6.07) is 26.6. The monoisotopic (exact) mass is 332 g/mol. The van der Waals surface area contributed by atoms with E-state index in [0.717, 1.165) is 18.4 Å². The van der Waals surface area contributed by atoms with Crippen molar-refractivity contribution in [3.8, 4) is 17.2 Å². The van der Waals surface area contributed by atoms with Gasteiger partial charge in [-0.1, -0.05) is 42.5 Å². The lowest BCUT2D eigenvalue weighted by Crippen LogP contribution is -2.05. The van der Waals surface area contributed by atoms with Crippen LogP contribution in [0.15, 0.2) is 66.7 Å². The van der Waals surface area contributed by atoms with Gasteiger partial charge < -0.3 is 14.6 Å². The fourth-order valence-corrected chi connectivity index (χ4v) is 2.47. The van der Waals surface area contributed by atoms with Crippen molar-refractivity contribution < 1.29 is 14.6 Å². The fourth-order valence-electron chi connectivity index (χ4n) is 2.47. The van der Waals surface area contributed by atoms with Crippen LogP contribution in [0.25, 0.3) is 0 Å². The maximum Gasteiger partial charge on any atom is 0.164 e. The quantitative estimate of drug-likeness (QED) is 0.671. The van der Waals surface area contributed by atoms with Gasteiger partial charge >= 0.3 is 0 Å². The van der Waals surface area contributed by atoms with Gasteiger partial charge in [0.25, 0.3) is 0 Å². The van der Waals surface area contributed by atoms with E-state index in [2.05, 4.69) is 24.3 Å². The fraction of sp³-hybridized carbons (Fsp3) is 0.182. The molecule has 3 heteroatoms. The average Bonchev–Trinajstić information content (AvgIpc) is 2.65. The molecule has 0 unspecified atom stereocenters. The summed E-state index contributed by atoms with van der Waals surface area (Å²) in [5, 5.41) is 9.71. The molecule has 25 heavy (non-hydrogen) atoms. The summed E-state index contributed by atoms with van der Waals surface area (Å²) in [5.74, 6) is 1.36. The van der Waals surface area contributed by atoms with E-state index >= 15 is 0 Å². The van der Waals surface area contributed by atoms with Crippen LogP contribution < -0.4 is 9.47 Å². The normalized spacial score (nSPS) is 10.1. The lowest BCUT2D eigenvalue weighted by Gasteiger charge is -2.13. The molecule has 0 heterocycles. The molecule has 0 aromatic heterocycles. The van der Waals surface area contributed by atoms with Crippen LogP contribution in [0.5, 0.6) is 17.2 Å². The molecule has 0 fully saturated rings. The van der Waals surface area contributed by atoms with Crippen molar-refractivity contribution >= 4 is 0 Å². The molecule has 3 nitrogen and oxygen atoms in total. The molecule has 3 aromatic carbocycles. The lowest BCUT2D eigenvalue weighted by atomic mass is 10.2. The van der Waals surface area contributed by atoms with Gasteiger partial charge in [0.05, 0.1) is 13.2 Å². The molecule has 0 aliphatic carbocycles. The number of phenolic OH excluding ortho intramolecular Hbond substituents is 1. The highest BCUT2D eigenvalue weighted by atomic mass is 16.5. The average molecular weight is 332 g/mol. The molecule has 126 valence electrons. The Kier molecular flexibility index (Phi) is 5.79. The zero-order valence-electron chi connectivity index (χ0n) is 13.9. The molecule has 3 aromatic rings. The van der Waals surface area contributed by atoms with Crippen LogP contribution in [0.1, 0.15) is 11.1 Å². The minimum absolute atomic E-state index is 0.160. The molecule has 3 rings (SSSR count). The van der Waals surface area contributed by atoms with Gasteiger partial charge in [0.2, 0.25) is 0 Å². The Morgan fingerprint density at radius 2 is 1.52 bits per heavy atom. The number of aromatic hydroxyl groups is 1. The van der Waals surface area contributed by atoms with Crippen molar-refractivity contribution in [1.82, 2.24) is 0 Å². The first kappa shape index (κ1) is 16.7. The zero-order chi connectivity index (χ0) is 17.3. The summed E-state index contributed by atoms with van der Waals surface area (Å²) in [6.07, 6.45) is 1.57. The van der Waals surface area contributed by atoms with Crippen LogP contribution in [0.2, 0.25) is 0 Å². The first-order valence-electron chi connectivity index (χ1n) is 8.30. The van der Waals surface area contributed by atoms with Gasteiger partial charge in [-0.3, -0.25) is 0 Å². The minimum Gasteiger partial charge on any atom is -0.508 e. The third kappa shape index (κ3) is 5.19. The zero-order valence-corrected chi connectivity index (χ0v) is 13.9. The predicted octanol–water partition coefficient (Wildman–Crippen LogP) is 4.24. The lowest BCUT2D eigenvalue weighted by molar-refractivity contribution is 0.270. The molecule has 0 spiro atoms. The second kappa shape index (κ2) is 8.65. The van der Waals surface area contributed by atoms with Gasteiger partial charge in [0.1, 0.15) is 5.75 Å². The first-order valence-corrected chi connectivity index (χ1v) is 8.30. The van der Waals surface area contributed by atoms with Crippen molar-refractivity contribution in [1.29, 1.82) is 0 Å². The number of ether oxygens (including phenoxy) is 2. The SMILES string of the molecule is Oc1ccc(OCCc2ccccc2)c(OCCc2cc#ccc2)c1. The second-order valence-corrected chi connectivity index (χ2v) is 5.65. The largest absolute Gasteiger partial charge is 0.508 e. The van der Waals surface area contributed by atoms with Gasteiger partial charge in [-0.05, 0) is 41.5 Å². The summed E-state index contributed by atoms with van der Waals surface area (Å²) >= 11 is 0. The standard InChI is InChI=1S/C22H20O3/c23-20-11-12-21(24-15-13-18-7-3-1-4-8-18)22(17-20)25-16-14-19-9-5-2-6-10-19/h1,3-5,7-12,17,23H,13-16H2. The number of hydrogen-bond donors (Lipinski definition) is 1.